The summed E-state index contributed by atoms with van der Waals surface area (Å²) >= 11 is 0. The van der Waals surface area contributed by atoms with Crippen LogP contribution in [0.1, 0.15) is 60.8 Å². The van der Waals surface area contributed by atoms with Gasteiger partial charge in [0.05, 0.1) is 6.10 Å². The van der Waals surface area contributed by atoms with E-state index in [4.69, 9.17) is 18.9 Å². The smallest absolute Gasteiger partial charge is 0.429 e. The van der Waals surface area contributed by atoms with E-state index in [0.717, 1.165) is 0 Å². The van der Waals surface area contributed by atoms with E-state index >= 15 is 0 Å². The first-order chi connectivity index (χ1) is 11.3. The fraction of sp³-hybridized carbons (Fsp3) is 0.778. The van der Waals surface area contributed by atoms with Gasteiger partial charge in [0.15, 0.2) is 0 Å². The fourth-order valence-corrected chi connectivity index (χ4v) is 2.15. The van der Waals surface area contributed by atoms with Gasteiger partial charge < -0.3 is 24.1 Å². The second-order valence-electron chi connectivity index (χ2n) is 8.09. The van der Waals surface area contributed by atoms with Gasteiger partial charge in [-0.1, -0.05) is 0 Å². The van der Waals surface area contributed by atoms with E-state index in [1.807, 2.05) is 0 Å². The summed E-state index contributed by atoms with van der Waals surface area (Å²) < 4.78 is 20.7. The molecule has 25 heavy (non-hydrogen) atoms. The first-order valence-corrected chi connectivity index (χ1v) is 8.50. The highest BCUT2D eigenvalue weighted by atomic mass is 16.7. The van der Waals surface area contributed by atoms with Crippen LogP contribution in [0.25, 0.3) is 0 Å². The fourth-order valence-electron chi connectivity index (χ4n) is 2.15. The molecule has 0 heterocycles. The number of aliphatic hydroxyl groups excluding tert-OH is 1. The maximum Gasteiger partial charge on any atom is 0.509 e. The minimum Gasteiger partial charge on any atom is -0.429 e. The zero-order chi connectivity index (χ0) is 19.3. The van der Waals surface area contributed by atoms with Crippen LogP contribution in [0.4, 0.5) is 9.59 Å². The van der Waals surface area contributed by atoms with Crippen LogP contribution in [-0.4, -0.2) is 46.9 Å². The second kappa shape index (κ2) is 8.56. The lowest BCUT2D eigenvalue weighted by molar-refractivity contribution is -0.0344. The Balaban J connectivity index is 2.66. The molecule has 3 atom stereocenters. The Hall–Kier alpha value is -1.76. The van der Waals surface area contributed by atoms with Crippen molar-refractivity contribution in [2.75, 3.05) is 0 Å². The van der Waals surface area contributed by atoms with Crippen molar-refractivity contribution in [2.24, 2.45) is 0 Å². The van der Waals surface area contributed by atoms with Crippen LogP contribution in [0, 0.1) is 0 Å². The number of hydrogen-bond donors (Lipinski definition) is 1. The zero-order valence-electron chi connectivity index (χ0n) is 15.9. The summed E-state index contributed by atoms with van der Waals surface area (Å²) in [6.45, 7) is 10.5. The predicted octanol–water partition coefficient (Wildman–Crippen LogP) is 3.73. The van der Waals surface area contributed by atoms with E-state index in [9.17, 15) is 14.7 Å². The zero-order valence-corrected chi connectivity index (χ0v) is 15.9. The van der Waals surface area contributed by atoms with Gasteiger partial charge in [-0.2, -0.15) is 0 Å². The maximum atomic E-state index is 11.8. The molecule has 144 valence electrons. The second-order valence-corrected chi connectivity index (χ2v) is 8.09. The van der Waals surface area contributed by atoms with Gasteiger partial charge in [0.1, 0.15) is 23.4 Å². The van der Waals surface area contributed by atoms with Gasteiger partial charge in [0.25, 0.3) is 0 Å². The first kappa shape index (κ1) is 21.3. The molecule has 0 aromatic rings. The molecular weight excluding hydrogens is 328 g/mol. The Morgan fingerprint density at radius 1 is 0.840 bits per heavy atom. The Bertz CT molecular complexity index is 485. The highest BCUT2D eigenvalue weighted by Crippen LogP contribution is 2.20. The number of carbonyl (C=O) groups excluding carboxylic acids is 2. The molecule has 0 amide bonds. The molecule has 0 fully saturated rings. The third kappa shape index (κ3) is 9.96. The van der Waals surface area contributed by atoms with E-state index in [-0.39, 0.29) is 6.42 Å². The predicted molar refractivity (Wildman–Crippen MR) is 91.2 cm³/mol. The van der Waals surface area contributed by atoms with Gasteiger partial charge in [0.2, 0.25) is 0 Å². The lowest BCUT2D eigenvalue weighted by Crippen LogP contribution is -2.31. The van der Waals surface area contributed by atoms with Crippen LogP contribution >= 0.6 is 0 Å². The molecule has 0 bridgehead atoms. The molecule has 7 nitrogen and oxygen atoms in total. The molecule has 0 saturated heterocycles. The third-order valence-corrected chi connectivity index (χ3v) is 3.10. The lowest BCUT2D eigenvalue weighted by atomic mass is 10.00. The van der Waals surface area contributed by atoms with E-state index in [1.165, 1.54) is 0 Å². The van der Waals surface area contributed by atoms with Gasteiger partial charge in [-0.15, -0.1) is 0 Å². The molecule has 0 aromatic heterocycles. The van der Waals surface area contributed by atoms with Crippen molar-refractivity contribution in [3.05, 3.63) is 12.2 Å². The molecule has 1 aliphatic rings. The topological polar surface area (TPSA) is 91.3 Å². The van der Waals surface area contributed by atoms with Crippen molar-refractivity contribution in [1.82, 2.24) is 0 Å². The van der Waals surface area contributed by atoms with Gasteiger partial charge in [-0.25, -0.2) is 9.59 Å². The van der Waals surface area contributed by atoms with Crippen molar-refractivity contribution in [2.45, 2.75) is 90.3 Å². The van der Waals surface area contributed by atoms with Crippen molar-refractivity contribution in [3.8, 4) is 0 Å². The minimum absolute atomic E-state index is 0.259. The largest absolute Gasteiger partial charge is 0.509 e. The Morgan fingerprint density at radius 2 is 1.28 bits per heavy atom. The number of hydrogen-bond acceptors (Lipinski definition) is 7. The molecule has 0 aliphatic heterocycles. The molecule has 3 unspecified atom stereocenters. The molecule has 0 aromatic carbocycles. The highest BCUT2D eigenvalue weighted by molar-refractivity contribution is 5.61. The number of ether oxygens (including phenoxy) is 4. The quantitative estimate of drug-likeness (QED) is 0.594. The van der Waals surface area contributed by atoms with Crippen LogP contribution in [0.5, 0.6) is 0 Å². The van der Waals surface area contributed by atoms with Gasteiger partial charge in [0, 0.05) is 6.42 Å². The van der Waals surface area contributed by atoms with E-state index in [2.05, 4.69) is 0 Å². The highest BCUT2D eigenvalue weighted by Gasteiger charge is 2.26. The van der Waals surface area contributed by atoms with Gasteiger partial charge >= 0.3 is 12.3 Å². The summed E-state index contributed by atoms with van der Waals surface area (Å²) in [6, 6.07) is 0. The van der Waals surface area contributed by atoms with Gasteiger partial charge in [-0.3, -0.25) is 0 Å². The Morgan fingerprint density at radius 3 is 1.76 bits per heavy atom. The molecule has 0 radical (unpaired) electrons. The average Bonchev–Trinajstić information content (AvgIpc) is 2.35. The van der Waals surface area contributed by atoms with E-state index in [0.29, 0.717) is 12.8 Å². The summed E-state index contributed by atoms with van der Waals surface area (Å²) in [5.41, 5.74) is -1.31. The molecular formula is C18H30O7. The molecule has 1 N–H and O–H groups in total. The Kier molecular flexibility index (Phi) is 7.29. The molecule has 0 spiro atoms. The van der Waals surface area contributed by atoms with Crippen LogP contribution in [0.2, 0.25) is 0 Å². The molecule has 0 saturated carbocycles. The summed E-state index contributed by atoms with van der Waals surface area (Å²) in [5.74, 6) is 0. The van der Waals surface area contributed by atoms with Crippen LogP contribution in [-0.2, 0) is 18.9 Å². The van der Waals surface area contributed by atoms with Crippen molar-refractivity contribution < 1.29 is 33.6 Å². The molecule has 1 rings (SSSR count). The SMILES string of the molecule is CC(C)(C)OC(=O)OC1/C=C/C(OC(=O)OC(C)(C)C)CC(O)CC1. The Labute approximate surface area is 149 Å². The van der Waals surface area contributed by atoms with Gasteiger partial charge in [-0.05, 0) is 66.5 Å². The summed E-state index contributed by atoms with van der Waals surface area (Å²) in [7, 11) is 0. The monoisotopic (exact) mass is 358 g/mol. The molecule has 7 heteroatoms. The van der Waals surface area contributed by atoms with Crippen LogP contribution < -0.4 is 0 Å². The standard InChI is InChI=1S/C18H30O7/c1-17(2,3)24-15(20)22-13-8-7-12(19)11-14(10-9-13)23-16(21)25-18(4,5)6/h9-10,12-14,19H,7-8,11H2,1-6H3/b10-9+. The number of carbonyl (C=O) groups is 2. The maximum absolute atomic E-state index is 11.8. The van der Waals surface area contributed by atoms with Crippen LogP contribution in [0.15, 0.2) is 12.2 Å². The third-order valence-electron chi connectivity index (χ3n) is 3.10. The average molecular weight is 358 g/mol. The summed E-state index contributed by atoms with van der Waals surface area (Å²) in [4.78, 5) is 23.6. The van der Waals surface area contributed by atoms with Crippen molar-refractivity contribution in [3.63, 3.8) is 0 Å². The van der Waals surface area contributed by atoms with Crippen molar-refractivity contribution >= 4 is 12.3 Å². The number of aliphatic hydroxyl groups is 1. The van der Waals surface area contributed by atoms with E-state index < -0.39 is 41.8 Å². The first-order valence-electron chi connectivity index (χ1n) is 8.50. The summed E-state index contributed by atoms with van der Waals surface area (Å²) in [6.07, 6.45) is 0.885. The van der Waals surface area contributed by atoms with Crippen molar-refractivity contribution in [1.29, 1.82) is 0 Å². The number of rotatable bonds is 2. The lowest BCUT2D eigenvalue weighted by Gasteiger charge is -2.26. The minimum atomic E-state index is -0.806. The van der Waals surface area contributed by atoms with Crippen LogP contribution in [0.3, 0.4) is 0 Å². The summed E-state index contributed by atoms with van der Waals surface area (Å²) in [5, 5.41) is 10.0. The normalized spacial score (nSPS) is 26.0. The van der Waals surface area contributed by atoms with E-state index in [1.54, 1.807) is 53.7 Å². The molecule has 1 aliphatic carbocycles.